The van der Waals surface area contributed by atoms with Crippen LogP contribution in [0.3, 0.4) is 0 Å². The Hall–Kier alpha value is -1.26. The molecule has 5 heteroatoms. The molecule has 62 valence electrons. The number of primary amides is 1. The number of nitrogens with two attached hydrogens (primary N) is 1. The lowest BCUT2D eigenvalue weighted by molar-refractivity contribution is -0.125. The van der Waals surface area contributed by atoms with Crippen LogP contribution in [0.15, 0.2) is 0 Å². The van der Waals surface area contributed by atoms with Crippen molar-refractivity contribution in [2.24, 2.45) is 11.7 Å². The molecule has 0 heterocycles. The summed E-state index contributed by atoms with van der Waals surface area (Å²) in [4.78, 5) is 21.4. The van der Waals surface area contributed by atoms with Crippen molar-refractivity contribution in [2.45, 2.75) is 12.8 Å². The summed E-state index contributed by atoms with van der Waals surface area (Å²) in [6.07, 6.45) is 1.83. The van der Waals surface area contributed by atoms with Gasteiger partial charge in [-0.15, -0.1) is 0 Å². The second-order valence-electron chi connectivity index (χ2n) is 2.65. The van der Waals surface area contributed by atoms with Crippen molar-refractivity contribution < 1.29 is 9.59 Å². The summed E-state index contributed by atoms with van der Waals surface area (Å²) < 4.78 is 0. The number of nitrogens with zero attached hydrogens (tertiary/aromatic N) is 1. The first-order valence-corrected chi connectivity index (χ1v) is 3.45. The highest BCUT2D eigenvalue weighted by molar-refractivity contribution is 5.83. The predicted octanol–water partition coefficient (Wildman–Crippen LogP) is -0.562. The number of amides is 3. The Labute approximate surface area is 64.5 Å². The number of carbonyl (C=O) groups is 2. The van der Waals surface area contributed by atoms with Crippen LogP contribution in [0.4, 0.5) is 4.79 Å². The Morgan fingerprint density at radius 1 is 1.55 bits per heavy atom. The van der Waals surface area contributed by atoms with Crippen LogP contribution in [0, 0.1) is 5.92 Å². The van der Waals surface area contributed by atoms with E-state index >= 15 is 0 Å². The van der Waals surface area contributed by atoms with Gasteiger partial charge in [0.15, 0.2) is 0 Å². The average molecular weight is 157 g/mol. The van der Waals surface area contributed by atoms with E-state index in [1.165, 1.54) is 7.05 Å². The molecule has 1 saturated carbocycles. The molecule has 0 spiro atoms. The number of hydrazine groups is 1. The monoisotopic (exact) mass is 157 g/mol. The van der Waals surface area contributed by atoms with Gasteiger partial charge in [0.1, 0.15) is 0 Å². The van der Waals surface area contributed by atoms with Crippen molar-refractivity contribution in [1.82, 2.24) is 10.4 Å². The fourth-order valence-electron chi connectivity index (χ4n) is 0.657. The van der Waals surface area contributed by atoms with E-state index in [-0.39, 0.29) is 11.8 Å². The zero-order chi connectivity index (χ0) is 8.43. The second kappa shape index (κ2) is 2.77. The minimum Gasteiger partial charge on any atom is -0.350 e. The van der Waals surface area contributed by atoms with Gasteiger partial charge in [0, 0.05) is 13.0 Å². The van der Waals surface area contributed by atoms with Gasteiger partial charge in [-0.3, -0.25) is 10.2 Å². The van der Waals surface area contributed by atoms with E-state index in [1.807, 2.05) is 0 Å². The molecule has 1 aliphatic rings. The van der Waals surface area contributed by atoms with E-state index in [4.69, 9.17) is 5.73 Å². The maximum absolute atomic E-state index is 11.0. The molecule has 3 N–H and O–H groups in total. The Bertz CT molecular complexity index is 188. The van der Waals surface area contributed by atoms with Crippen LogP contribution >= 0.6 is 0 Å². The lowest BCUT2D eigenvalue weighted by atomic mass is 10.4. The Kier molecular flexibility index (Phi) is 1.98. The molecule has 0 aromatic rings. The summed E-state index contributed by atoms with van der Waals surface area (Å²) in [5, 5.41) is 0.987. The van der Waals surface area contributed by atoms with Crippen molar-refractivity contribution in [3.8, 4) is 0 Å². The maximum Gasteiger partial charge on any atom is 0.333 e. The molecule has 0 bridgehead atoms. The van der Waals surface area contributed by atoms with E-state index in [1.54, 1.807) is 0 Å². The SMILES string of the molecule is CN(NC(=O)C1CC1)C(N)=O. The fraction of sp³-hybridized carbons (Fsp3) is 0.667. The Morgan fingerprint density at radius 3 is 2.45 bits per heavy atom. The molecular formula is C6H11N3O2. The number of urea groups is 1. The predicted molar refractivity (Wildman–Crippen MR) is 38.2 cm³/mol. The van der Waals surface area contributed by atoms with Gasteiger partial charge in [-0.1, -0.05) is 0 Å². The first-order chi connectivity index (χ1) is 5.11. The van der Waals surface area contributed by atoms with E-state index in [0.717, 1.165) is 17.9 Å². The molecule has 0 unspecified atom stereocenters. The summed E-state index contributed by atoms with van der Waals surface area (Å²) in [5.41, 5.74) is 7.24. The number of rotatable bonds is 1. The lowest BCUT2D eigenvalue weighted by Gasteiger charge is -2.14. The van der Waals surface area contributed by atoms with Gasteiger partial charge < -0.3 is 5.73 Å². The number of carbonyl (C=O) groups excluding carboxylic acids is 2. The van der Waals surface area contributed by atoms with Gasteiger partial charge in [0.25, 0.3) is 0 Å². The smallest absolute Gasteiger partial charge is 0.333 e. The zero-order valence-electron chi connectivity index (χ0n) is 6.33. The molecule has 1 rings (SSSR count). The number of hydrogen-bond donors (Lipinski definition) is 2. The van der Waals surface area contributed by atoms with E-state index in [2.05, 4.69) is 5.43 Å². The van der Waals surface area contributed by atoms with E-state index in [9.17, 15) is 9.59 Å². The van der Waals surface area contributed by atoms with Gasteiger partial charge in [-0.25, -0.2) is 9.80 Å². The summed E-state index contributed by atoms with van der Waals surface area (Å²) >= 11 is 0. The quantitative estimate of drug-likeness (QED) is 0.500. The molecule has 0 saturated heterocycles. The fourth-order valence-corrected chi connectivity index (χ4v) is 0.657. The maximum atomic E-state index is 11.0. The van der Waals surface area contributed by atoms with Crippen LogP contribution in [0.2, 0.25) is 0 Å². The third kappa shape index (κ3) is 2.10. The molecule has 0 aromatic carbocycles. The average Bonchev–Trinajstić information content (AvgIpc) is 2.67. The molecule has 11 heavy (non-hydrogen) atoms. The molecule has 0 aliphatic heterocycles. The highest BCUT2D eigenvalue weighted by atomic mass is 16.2. The van der Waals surface area contributed by atoms with Crippen LogP contribution in [-0.2, 0) is 4.79 Å². The van der Waals surface area contributed by atoms with Gasteiger partial charge in [0.2, 0.25) is 5.91 Å². The Balaban J connectivity index is 2.28. The molecule has 5 nitrogen and oxygen atoms in total. The summed E-state index contributed by atoms with van der Waals surface area (Å²) in [7, 11) is 1.42. The molecular weight excluding hydrogens is 146 g/mol. The van der Waals surface area contributed by atoms with Gasteiger partial charge in [0.05, 0.1) is 0 Å². The molecule has 0 aromatic heterocycles. The third-order valence-corrected chi connectivity index (χ3v) is 1.56. The van der Waals surface area contributed by atoms with E-state index in [0.29, 0.717) is 0 Å². The second-order valence-corrected chi connectivity index (χ2v) is 2.65. The normalized spacial score (nSPS) is 15.7. The topological polar surface area (TPSA) is 75.4 Å². The first kappa shape index (κ1) is 7.84. The molecule has 0 atom stereocenters. The van der Waals surface area contributed by atoms with Gasteiger partial charge >= 0.3 is 6.03 Å². The van der Waals surface area contributed by atoms with Gasteiger partial charge in [-0.2, -0.15) is 0 Å². The number of nitrogens with one attached hydrogen (secondary N) is 1. The molecule has 1 fully saturated rings. The van der Waals surface area contributed by atoms with Crippen molar-refractivity contribution in [3.63, 3.8) is 0 Å². The van der Waals surface area contributed by atoms with Crippen molar-refractivity contribution in [2.75, 3.05) is 7.05 Å². The van der Waals surface area contributed by atoms with Crippen LogP contribution in [0.25, 0.3) is 0 Å². The summed E-state index contributed by atoms with van der Waals surface area (Å²) in [6.45, 7) is 0. The minimum absolute atomic E-state index is 0.0943. The van der Waals surface area contributed by atoms with Crippen LogP contribution in [0.5, 0.6) is 0 Å². The highest BCUT2D eigenvalue weighted by Gasteiger charge is 2.30. The molecule has 3 amide bonds. The number of hydrogen-bond acceptors (Lipinski definition) is 2. The summed E-state index contributed by atoms with van der Waals surface area (Å²) in [5.74, 6) is -0.0249. The van der Waals surface area contributed by atoms with Crippen molar-refractivity contribution >= 4 is 11.9 Å². The molecule has 1 aliphatic carbocycles. The van der Waals surface area contributed by atoms with Crippen LogP contribution in [0.1, 0.15) is 12.8 Å². The lowest BCUT2D eigenvalue weighted by Crippen LogP contribution is -2.46. The van der Waals surface area contributed by atoms with E-state index < -0.39 is 6.03 Å². The Morgan fingerprint density at radius 2 is 2.09 bits per heavy atom. The molecule has 0 radical (unpaired) electrons. The highest BCUT2D eigenvalue weighted by Crippen LogP contribution is 2.28. The van der Waals surface area contributed by atoms with Crippen molar-refractivity contribution in [3.05, 3.63) is 0 Å². The van der Waals surface area contributed by atoms with Crippen LogP contribution in [-0.4, -0.2) is 24.0 Å². The first-order valence-electron chi connectivity index (χ1n) is 3.45. The van der Waals surface area contributed by atoms with Crippen LogP contribution < -0.4 is 11.2 Å². The summed E-state index contributed by atoms with van der Waals surface area (Å²) in [6, 6.07) is -0.654. The van der Waals surface area contributed by atoms with Crippen molar-refractivity contribution in [1.29, 1.82) is 0 Å². The third-order valence-electron chi connectivity index (χ3n) is 1.56. The largest absolute Gasteiger partial charge is 0.350 e. The zero-order valence-corrected chi connectivity index (χ0v) is 6.33. The minimum atomic E-state index is -0.654. The standard InChI is InChI=1S/C6H11N3O2/c1-9(6(7)11)8-5(10)4-2-3-4/h4H,2-3H2,1H3,(H2,7,11)(H,8,10). The van der Waals surface area contributed by atoms with Gasteiger partial charge in [-0.05, 0) is 12.8 Å².